The van der Waals surface area contributed by atoms with Crippen LogP contribution in [0.1, 0.15) is 152 Å². The Bertz CT molecular complexity index is 1410. The van der Waals surface area contributed by atoms with Gasteiger partial charge in [0.25, 0.3) is 0 Å². The predicted molar refractivity (Wildman–Crippen MR) is 195 cm³/mol. The second-order valence-electron chi connectivity index (χ2n) is 20.0. The van der Waals surface area contributed by atoms with Crippen molar-refractivity contribution in [3.8, 4) is 0 Å². The van der Waals surface area contributed by atoms with Crippen molar-refractivity contribution in [2.24, 2.45) is 62.6 Å². The molecule has 48 heavy (non-hydrogen) atoms. The van der Waals surface area contributed by atoms with Crippen molar-refractivity contribution in [3.63, 3.8) is 0 Å². The highest BCUT2D eigenvalue weighted by Crippen LogP contribution is 2.77. The number of carbonyl (C=O) groups excluding carboxylic acids is 2. The van der Waals surface area contributed by atoms with Gasteiger partial charge in [-0.25, -0.2) is 0 Å². The molecule has 5 aliphatic rings. The van der Waals surface area contributed by atoms with Gasteiger partial charge in [-0.05, 0) is 135 Å². The van der Waals surface area contributed by atoms with Crippen LogP contribution < -0.4 is 0 Å². The Morgan fingerprint density at radius 2 is 1.65 bits per heavy atom. The first-order valence-corrected chi connectivity index (χ1v) is 19.6. The molecule has 0 N–H and O–H groups in total. The fourth-order valence-electron chi connectivity index (χ4n) is 13.8. The van der Waals surface area contributed by atoms with E-state index in [0.29, 0.717) is 54.1 Å². The van der Waals surface area contributed by atoms with Crippen molar-refractivity contribution >= 4 is 11.8 Å². The number of carbonyl (C=O) groups is 2. The van der Waals surface area contributed by atoms with E-state index in [2.05, 4.69) is 87.9 Å². The minimum atomic E-state index is -0.287. The van der Waals surface area contributed by atoms with E-state index in [0.717, 1.165) is 44.2 Å². The Balaban J connectivity index is 1.30. The van der Waals surface area contributed by atoms with E-state index in [-0.39, 0.29) is 44.6 Å². The summed E-state index contributed by atoms with van der Waals surface area (Å²) >= 11 is 0. The van der Waals surface area contributed by atoms with Gasteiger partial charge in [0.1, 0.15) is 11.9 Å². The van der Waals surface area contributed by atoms with E-state index >= 15 is 0 Å². The number of pyridine rings is 1. The van der Waals surface area contributed by atoms with Crippen LogP contribution in [0.3, 0.4) is 0 Å². The molecule has 1 heterocycles. The van der Waals surface area contributed by atoms with Crippen LogP contribution >= 0.6 is 0 Å². The number of Topliss-reactive ketones (excluding diaryl/α,β-unsaturated/α-hetero) is 1. The van der Waals surface area contributed by atoms with Crippen LogP contribution in [0.15, 0.2) is 36.5 Å². The summed E-state index contributed by atoms with van der Waals surface area (Å²) in [4.78, 5) is 32.4. The van der Waals surface area contributed by atoms with E-state index in [1.54, 1.807) is 0 Å². The molecule has 0 spiro atoms. The zero-order valence-electron chi connectivity index (χ0n) is 32.2. The average molecular weight is 658 g/mol. The zero-order valence-corrected chi connectivity index (χ0v) is 32.2. The van der Waals surface area contributed by atoms with Gasteiger partial charge < -0.3 is 4.74 Å². The number of esters is 1. The van der Waals surface area contributed by atoms with Gasteiger partial charge in [-0.2, -0.15) is 0 Å². The Morgan fingerprint density at radius 1 is 0.917 bits per heavy atom. The number of hydrogen-bond donors (Lipinski definition) is 0. The molecule has 1 aromatic heterocycles. The quantitative estimate of drug-likeness (QED) is 0.206. The van der Waals surface area contributed by atoms with Gasteiger partial charge in [-0.15, -0.1) is 0 Å². The minimum absolute atomic E-state index is 0.00423. The van der Waals surface area contributed by atoms with E-state index in [1.165, 1.54) is 31.3 Å². The summed E-state index contributed by atoms with van der Waals surface area (Å²) in [7, 11) is 0. The van der Waals surface area contributed by atoms with Crippen molar-refractivity contribution < 1.29 is 14.3 Å². The molecular weight excluding hydrogens is 590 g/mol. The lowest BCUT2D eigenvalue weighted by atomic mass is 9.32. The largest absolute Gasteiger partial charge is 0.462 e. The molecule has 5 saturated carbocycles. The summed E-state index contributed by atoms with van der Waals surface area (Å²) in [5.41, 5.74) is 2.38. The van der Waals surface area contributed by atoms with Crippen LogP contribution in [0.5, 0.6) is 0 Å². The molecular formula is C44H67NO3. The molecule has 4 nitrogen and oxygen atoms in total. The summed E-state index contributed by atoms with van der Waals surface area (Å²) < 4.78 is 6.27. The Hall–Kier alpha value is -1.97. The van der Waals surface area contributed by atoms with Gasteiger partial charge in [0.05, 0.1) is 0 Å². The minimum Gasteiger partial charge on any atom is -0.462 e. The Labute approximate surface area is 293 Å². The summed E-state index contributed by atoms with van der Waals surface area (Å²) in [6, 6.07) is 6.11. The molecule has 0 amide bonds. The van der Waals surface area contributed by atoms with Crippen molar-refractivity contribution in [3.05, 3.63) is 42.2 Å². The highest BCUT2D eigenvalue weighted by molar-refractivity contribution is 5.87. The summed E-state index contributed by atoms with van der Waals surface area (Å²) in [6.45, 7) is 28.2. The summed E-state index contributed by atoms with van der Waals surface area (Å²) in [5, 5.41) is 0. The molecule has 5 aliphatic carbocycles. The third-order valence-electron chi connectivity index (χ3n) is 16.4. The number of ketones is 1. The zero-order chi connectivity index (χ0) is 35.1. The number of aromatic nitrogens is 1. The van der Waals surface area contributed by atoms with Crippen molar-refractivity contribution in [1.29, 1.82) is 0 Å². The Morgan fingerprint density at radius 3 is 2.29 bits per heavy atom. The fourth-order valence-corrected chi connectivity index (χ4v) is 13.8. The number of ether oxygens (including phenoxy) is 1. The lowest BCUT2D eigenvalue weighted by Crippen LogP contribution is -2.67. The van der Waals surface area contributed by atoms with E-state index < -0.39 is 0 Å². The number of fused-ring (bicyclic) bond motifs is 7. The number of hydrogen-bond acceptors (Lipinski definition) is 4. The lowest BCUT2D eigenvalue weighted by molar-refractivity contribution is -0.249. The average Bonchev–Trinajstić information content (AvgIpc) is 3.40. The Kier molecular flexibility index (Phi) is 9.02. The van der Waals surface area contributed by atoms with Crippen molar-refractivity contribution in [1.82, 2.24) is 4.98 Å². The maximum Gasteiger partial charge on any atom is 0.306 e. The molecule has 0 aromatic carbocycles. The maximum absolute atomic E-state index is 14.9. The molecule has 0 saturated heterocycles. The van der Waals surface area contributed by atoms with Crippen LogP contribution in [0, 0.1) is 62.6 Å². The van der Waals surface area contributed by atoms with Gasteiger partial charge in [-0.1, -0.05) is 80.5 Å². The predicted octanol–water partition coefficient (Wildman–Crippen LogP) is 10.9. The molecule has 266 valence electrons. The molecule has 0 radical (unpaired) electrons. The van der Waals surface area contributed by atoms with Crippen LogP contribution in [-0.2, 0) is 19.7 Å². The second-order valence-corrected chi connectivity index (χ2v) is 20.0. The van der Waals surface area contributed by atoms with Gasteiger partial charge in [0.2, 0.25) is 0 Å². The van der Waals surface area contributed by atoms with E-state index in [4.69, 9.17) is 9.72 Å². The van der Waals surface area contributed by atoms with Crippen LogP contribution in [0.4, 0.5) is 0 Å². The van der Waals surface area contributed by atoms with E-state index in [9.17, 15) is 9.59 Å². The third-order valence-corrected chi connectivity index (χ3v) is 16.4. The smallest absolute Gasteiger partial charge is 0.306 e. The first kappa shape index (κ1) is 35.8. The molecule has 1 aromatic rings. The molecule has 0 bridgehead atoms. The highest BCUT2D eigenvalue weighted by Gasteiger charge is 2.72. The summed E-state index contributed by atoms with van der Waals surface area (Å²) in [5.74, 6) is 3.34. The van der Waals surface area contributed by atoms with Gasteiger partial charge in [0.15, 0.2) is 0 Å². The maximum atomic E-state index is 14.9. The fraction of sp³-hybridized carbons (Fsp3) is 0.795. The van der Waals surface area contributed by atoms with Crippen LogP contribution in [-0.4, -0.2) is 22.8 Å². The van der Waals surface area contributed by atoms with Gasteiger partial charge >= 0.3 is 5.97 Å². The first-order valence-electron chi connectivity index (χ1n) is 19.6. The monoisotopic (exact) mass is 658 g/mol. The second kappa shape index (κ2) is 12.1. The normalized spacial score (nSPS) is 41.8. The molecule has 4 heteroatoms. The van der Waals surface area contributed by atoms with Crippen molar-refractivity contribution in [2.75, 3.05) is 0 Å². The van der Waals surface area contributed by atoms with Gasteiger partial charge in [-0.3, -0.25) is 14.6 Å². The SMILES string of the molecule is C=C(C)[C@@H]1CC[C@]2(C(=O)CC(C)(C)c3ccccn3)CC[C@]3(C)C(CCC4[C@@]5(C)CCC(OC(=O)CC(C)C)C(C)(C)C5CC[C@]43C)C12. The van der Waals surface area contributed by atoms with Crippen LogP contribution in [0.25, 0.3) is 0 Å². The number of rotatable bonds is 8. The third kappa shape index (κ3) is 5.30. The molecule has 5 unspecified atom stereocenters. The molecule has 6 rings (SSSR count). The van der Waals surface area contributed by atoms with E-state index in [1.807, 2.05) is 12.3 Å². The molecule has 5 fully saturated rings. The number of allylic oxidation sites excluding steroid dienone is 1. The standard InChI is InChI=1S/C44H67NO3/c1-28(2)26-37(47)48-36-19-20-41(9)32(40(36,7)8)18-21-43(11)33(41)16-15-31-38-30(29(3)4)17-22-44(38,24-23-42(31,43)10)35(46)27-39(5,6)34-14-12-13-25-45-34/h12-14,25,28,30-33,36,38H,3,15-24,26-27H2,1-2,4-11H3/t30-,31?,32?,33?,36?,38?,41-,42+,43+,44+/m0/s1. The number of nitrogens with zero attached hydrogens (tertiary/aromatic N) is 1. The molecule has 0 aliphatic heterocycles. The lowest BCUT2D eigenvalue weighted by Gasteiger charge is -2.73. The van der Waals surface area contributed by atoms with Gasteiger partial charge in [0, 0.05) is 41.0 Å². The van der Waals surface area contributed by atoms with Crippen LogP contribution in [0.2, 0.25) is 0 Å². The first-order chi connectivity index (χ1) is 22.3. The summed E-state index contributed by atoms with van der Waals surface area (Å²) in [6.07, 6.45) is 14.3. The topological polar surface area (TPSA) is 56.3 Å². The highest BCUT2D eigenvalue weighted by atomic mass is 16.5. The molecule has 10 atom stereocenters. The van der Waals surface area contributed by atoms with Crippen molar-refractivity contribution in [2.45, 2.75) is 158 Å².